The predicted molar refractivity (Wildman–Crippen MR) is 121 cm³/mol. The predicted octanol–water partition coefficient (Wildman–Crippen LogP) is 3.67. The minimum absolute atomic E-state index is 0.112. The summed E-state index contributed by atoms with van der Waals surface area (Å²) >= 11 is 1.15. The number of carboxylic acid groups (broad SMARTS) is 1. The molecule has 4 rings (SSSR count). The van der Waals surface area contributed by atoms with E-state index in [1.54, 1.807) is 11.0 Å². The number of thiophene rings is 1. The first-order chi connectivity index (χ1) is 14.8. The van der Waals surface area contributed by atoms with Crippen LogP contribution >= 0.6 is 11.3 Å². The second-order valence-electron chi connectivity index (χ2n) is 8.28. The van der Waals surface area contributed by atoms with E-state index in [0.29, 0.717) is 5.69 Å². The van der Waals surface area contributed by atoms with Crippen molar-refractivity contribution in [3.63, 3.8) is 0 Å². The van der Waals surface area contributed by atoms with Gasteiger partial charge in [-0.05, 0) is 30.4 Å². The van der Waals surface area contributed by atoms with Crippen LogP contribution in [-0.4, -0.2) is 55.1 Å². The van der Waals surface area contributed by atoms with Crippen LogP contribution < -0.4 is 4.90 Å². The average Bonchev–Trinajstić information content (AvgIpc) is 3.19. The fourth-order valence-electron chi connectivity index (χ4n) is 4.67. The standard InChI is InChI=1S/C22H26N2O5S2/c1-31(28,29)23-13-18(15-8-4-2-5-9-15)24(20(25)14-23)17-12-19(30-21(17)22(26)27)16-10-6-3-7-11-16/h3,6-7,10-12,15,18H,2,4-5,8-9,13-14H2,1H3,(H,26,27). The number of carbonyl (C=O) groups is 2. The fourth-order valence-corrected chi connectivity index (χ4v) is 6.43. The largest absolute Gasteiger partial charge is 0.477 e. The number of anilines is 1. The summed E-state index contributed by atoms with van der Waals surface area (Å²) in [6.45, 7) is -0.0670. The third-order valence-electron chi connectivity index (χ3n) is 6.19. The first kappa shape index (κ1) is 22.0. The molecule has 1 atom stereocenters. The maximum Gasteiger partial charge on any atom is 0.348 e. The van der Waals surface area contributed by atoms with Crippen LogP contribution in [0, 0.1) is 5.92 Å². The van der Waals surface area contributed by atoms with Crippen molar-refractivity contribution in [3.8, 4) is 10.4 Å². The quantitative estimate of drug-likeness (QED) is 0.732. The van der Waals surface area contributed by atoms with E-state index in [0.717, 1.165) is 60.1 Å². The summed E-state index contributed by atoms with van der Waals surface area (Å²) in [7, 11) is -3.53. The molecule has 1 saturated heterocycles. The van der Waals surface area contributed by atoms with Gasteiger partial charge in [-0.2, -0.15) is 4.31 Å². The zero-order valence-corrected chi connectivity index (χ0v) is 19.0. The van der Waals surface area contributed by atoms with Crippen LogP contribution in [0.2, 0.25) is 0 Å². The Balaban J connectivity index is 1.79. The molecular formula is C22H26N2O5S2. The number of nitrogens with zero attached hydrogens (tertiary/aromatic N) is 2. The van der Waals surface area contributed by atoms with E-state index in [1.807, 2.05) is 30.3 Å². The number of hydrogen-bond acceptors (Lipinski definition) is 5. The lowest BCUT2D eigenvalue weighted by Gasteiger charge is -2.44. The van der Waals surface area contributed by atoms with Crippen LogP contribution in [0.25, 0.3) is 10.4 Å². The zero-order valence-electron chi connectivity index (χ0n) is 17.4. The van der Waals surface area contributed by atoms with Gasteiger partial charge in [-0.15, -0.1) is 11.3 Å². The highest BCUT2D eigenvalue weighted by atomic mass is 32.2. The van der Waals surface area contributed by atoms with Gasteiger partial charge in [-0.1, -0.05) is 49.6 Å². The van der Waals surface area contributed by atoms with Gasteiger partial charge in [0.05, 0.1) is 24.5 Å². The summed E-state index contributed by atoms with van der Waals surface area (Å²) in [6, 6.07) is 10.9. The number of hydrogen-bond donors (Lipinski definition) is 1. The number of benzene rings is 1. The highest BCUT2D eigenvalue weighted by Gasteiger charge is 2.42. The van der Waals surface area contributed by atoms with Gasteiger partial charge in [0.25, 0.3) is 0 Å². The van der Waals surface area contributed by atoms with E-state index in [9.17, 15) is 23.1 Å². The van der Waals surface area contributed by atoms with E-state index in [-0.39, 0.29) is 35.8 Å². The highest BCUT2D eigenvalue weighted by molar-refractivity contribution is 7.88. The van der Waals surface area contributed by atoms with Crippen LogP contribution in [0.3, 0.4) is 0 Å². The molecule has 2 heterocycles. The van der Waals surface area contributed by atoms with Crippen LogP contribution in [0.5, 0.6) is 0 Å². The van der Waals surface area contributed by atoms with Crippen LogP contribution in [0.1, 0.15) is 41.8 Å². The van der Waals surface area contributed by atoms with Gasteiger partial charge >= 0.3 is 5.97 Å². The third-order valence-corrected chi connectivity index (χ3v) is 8.57. The maximum absolute atomic E-state index is 13.3. The number of aromatic carboxylic acids is 1. The molecule has 1 saturated carbocycles. The number of piperazine rings is 1. The summed E-state index contributed by atoms with van der Waals surface area (Å²) in [5, 5.41) is 9.89. The Bertz CT molecular complexity index is 1070. The second-order valence-corrected chi connectivity index (χ2v) is 11.3. The van der Waals surface area contributed by atoms with Crippen molar-refractivity contribution in [2.45, 2.75) is 38.1 Å². The van der Waals surface area contributed by atoms with Crippen molar-refractivity contribution in [1.82, 2.24) is 4.31 Å². The fraction of sp³-hybridized carbons (Fsp3) is 0.455. The molecule has 2 aromatic rings. The summed E-state index contributed by atoms with van der Waals surface area (Å²) in [5.74, 6) is -1.31. The van der Waals surface area contributed by atoms with Crippen molar-refractivity contribution < 1.29 is 23.1 Å². The topological polar surface area (TPSA) is 95.0 Å². The normalized spacial score (nSPS) is 21.4. The Morgan fingerprint density at radius 1 is 1.13 bits per heavy atom. The van der Waals surface area contributed by atoms with Crippen molar-refractivity contribution in [2.75, 3.05) is 24.2 Å². The Morgan fingerprint density at radius 2 is 1.81 bits per heavy atom. The molecule has 1 aromatic carbocycles. The first-order valence-corrected chi connectivity index (χ1v) is 13.1. The van der Waals surface area contributed by atoms with Crippen LogP contribution in [0.4, 0.5) is 5.69 Å². The van der Waals surface area contributed by atoms with Gasteiger partial charge in [-0.25, -0.2) is 13.2 Å². The van der Waals surface area contributed by atoms with Crippen LogP contribution in [-0.2, 0) is 14.8 Å². The van der Waals surface area contributed by atoms with E-state index < -0.39 is 16.0 Å². The number of sulfonamides is 1. The van der Waals surface area contributed by atoms with E-state index in [2.05, 4.69) is 0 Å². The SMILES string of the molecule is CS(=O)(=O)N1CC(=O)N(c2cc(-c3ccccc3)sc2C(=O)O)C(C2CCCCC2)C1. The lowest BCUT2D eigenvalue weighted by molar-refractivity contribution is -0.121. The molecule has 166 valence electrons. The minimum Gasteiger partial charge on any atom is -0.477 e. The maximum atomic E-state index is 13.3. The molecule has 0 bridgehead atoms. The van der Waals surface area contributed by atoms with Crippen molar-refractivity contribution >= 4 is 38.9 Å². The van der Waals surface area contributed by atoms with Gasteiger partial charge in [0.15, 0.2) is 0 Å². The van der Waals surface area contributed by atoms with Crippen molar-refractivity contribution in [3.05, 3.63) is 41.3 Å². The number of amides is 1. The summed E-state index contributed by atoms with van der Waals surface area (Å²) in [6.07, 6.45) is 6.13. The zero-order chi connectivity index (χ0) is 22.2. The molecule has 9 heteroatoms. The molecule has 2 aliphatic rings. The Kier molecular flexibility index (Phi) is 6.18. The summed E-state index contributed by atoms with van der Waals surface area (Å²) in [5.41, 5.74) is 1.27. The third kappa shape index (κ3) is 4.53. The number of carboxylic acids is 1. The van der Waals surface area contributed by atoms with Gasteiger partial charge in [0, 0.05) is 11.4 Å². The summed E-state index contributed by atoms with van der Waals surface area (Å²) < 4.78 is 25.7. The van der Waals surface area contributed by atoms with E-state index >= 15 is 0 Å². The number of rotatable bonds is 5. The Labute approximate surface area is 186 Å². The van der Waals surface area contributed by atoms with Crippen LogP contribution in [0.15, 0.2) is 36.4 Å². The molecule has 0 spiro atoms. The molecule has 31 heavy (non-hydrogen) atoms. The molecule has 1 aliphatic heterocycles. The minimum atomic E-state index is -3.53. The molecular weight excluding hydrogens is 436 g/mol. The molecule has 0 radical (unpaired) electrons. The van der Waals surface area contributed by atoms with Gasteiger partial charge < -0.3 is 10.0 Å². The van der Waals surface area contributed by atoms with Crippen molar-refractivity contribution in [2.24, 2.45) is 5.92 Å². The second kappa shape index (κ2) is 8.72. The molecule has 2 fully saturated rings. The molecule has 1 aliphatic carbocycles. The van der Waals surface area contributed by atoms with Crippen molar-refractivity contribution in [1.29, 1.82) is 0 Å². The molecule has 7 nitrogen and oxygen atoms in total. The Morgan fingerprint density at radius 3 is 2.42 bits per heavy atom. The number of carbonyl (C=O) groups excluding carboxylic acids is 1. The monoisotopic (exact) mass is 462 g/mol. The van der Waals surface area contributed by atoms with Gasteiger partial charge in [0.2, 0.25) is 15.9 Å². The smallest absolute Gasteiger partial charge is 0.348 e. The lowest BCUT2D eigenvalue weighted by atomic mass is 9.82. The molecule has 1 amide bonds. The van der Waals surface area contributed by atoms with E-state index in [4.69, 9.17) is 0 Å². The Hall–Kier alpha value is -2.23. The van der Waals surface area contributed by atoms with Gasteiger partial charge in [-0.3, -0.25) is 4.79 Å². The lowest BCUT2D eigenvalue weighted by Crippen LogP contribution is -2.60. The molecule has 1 aromatic heterocycles. The van der Waals surface area contributed by atoms with Gasteiger partial charge in [0.1, 0.15) is 4.88 Å². The van der Waals surface area contributed by atoms with E-state index in [1.165, 1.54) is 4.31 Å². The summed E-state index contributed by atoms with van der Waals surface area (Å²) in [4.78, 5) is 27.8. The molecule has 1 unspecified atom stereocenters. The average molecular weight is 463 g/mol. The first-order valence-electron chi connectivity index (χ1n) is 10.5. The highest BCUT2D eigenvalue weighted by Crippen LogP contribution is 2.41. The molecule has 1 N–H and O–H groups in total.